The van der Waals surface area contributed by atoms with Crippen molar-refractivity contribution in [3.63, 3.8) is 0 Å². The first-order valence-corrected chi connectivity index (χ1v) is 11.2. The number of aliphatic imine (C=N–C) groups is 1. The molecule has 2 rings (SSSR count). The summed E-state index contributed by atoms with van der Waals surface area (Å²) in [5, 5.41) is 8.19. The van der Waals surface area contributed by atoms with Crippen molar-refractivity contribution in [3.8, 4) is 0 Å². The molecule has 1 aromatic rings. The molecule has 28 heavy (non-hydrogen) atoms. The van der Waals surface area contributed by atoms with E-state index in [-0.39, 0.29) is 0 Å². The van der Waals surface area contributed by atoms with Gasteiger partial charge in [0.2, 0.25) is 0 Å². The Kier molecular flexibility index (Phi) is 11.0. The number of benzene rings is 1. The lowest BCUT2D eigenvalue weighted by molar-refractivity contribution is 0.152. The molecule has 0 bridgehead atoms. The van der Waals surface area contributed by atoms with Crippen LogP contribution in [0.5, 0.6) is 0 Å². The molecule has 1 aliphatic heterocycles. The highest BCUT2D eigenvalue weighted by Gasteiger charge is 2.12. The molecule has 0 aromatic heterocycles. The third-order valence-corrected chi connectivity index (χ3v) is 5.61. The van der Waals surface area contributed by atoms with Gasteiger partial charge in [0.15, 0.2) is 5.96 Å². The summed E-state index contributed by atoms with van der Waals surface area (Å²) < 4.78 is 0. The predicted octanol–water partition coefficient (Wildman–Crippen LogP) is 3.51. The Morgan fingerprint density at radius 3 is 2.57 bits per heavy atom. The van der Waals surface area contributed by atoms with Gasteiger partial charge in [-0.2, -0.15) is 0 Å². The largest absolute Gasteiger partial charge is 0.357 e. The minimum absolute atomic E-state index is 0.679. The first kappa shape index (κ1) is 23.3. The summed E-state index contributed by atoms with van der Waals surface area (Å²) in [6.07, 6.45) is 4.26. The van der Waals surface area contributed by atoms with Crippen LogP contribution in [0.2, 0.25) is 10.0 Å². The van der Waals surface area contributed by atoms with Crippen LogP contribution in [0.1, 0.15) is 31.7 Å². The molecule has 7 heteroatoms. The van der Waals surface area contributed by atoms with Gasteiger partial charge in [-0.25, -0.2) is 0 Å². The van der Waals surface area contributed by atoms with Crippen molar-refractivity contribution < 1.29 is 0 Å². The molecule has 1 saturated heterocycles. The van der Waals surface area contributed by atoms with Crippen LogP contribution in [0.15, 0.2) is 23.2 Å². The molecule has 0 unspecified atom stereocenters. The quantitative estimate of drug-likeness (QED) is 0.340. The van der Waals surface area contributed by atoms with E-state index in [1.165, 1.54) is 39.1 Å². The van der Waals surface area contributed by atoms with Crippen molar-refractivity contribution in [1.29, 1.82) is 0 Å². The molecule has 1 aliphatic rings. The van der Waals surface area contributed by atoms with Crippen LogP contribution >= 0.6 is 23.2 Å². The smallest absolute Gasteiger partial charge is 0.191 e. The average molecular weight is 428 g/mol. The number of likely N-dealkylation sites (N-methyl/N-ethyl adjacent to an activating group) is 1. The van der Waals surface area contributed by atoms with E-state index in [1.54, 1.807) is 6.07 Å². The van der Waals surface area contributed by atoms with Crippen LogP contribution in [0.25, 0.3) is 0 Å². The lowest BCUT2D eigenvalue weighted by Gasteiger charge is -2.32. The number of piperazine rings is 1. The Morgan fingerprint density at radius 2 is 1.86 bits per heavy atom. The normalized spacial score (nSPS) is 16.4. The molecule has 0 amide bonds. The third-order valence-electron chi connectivity index (χ3n) is 5.02. The zero-order chi connectivity index (χ0) is 20.2. The van der Waals surface area contributed by atoms with Crippen molar-refractivity contribution in [2.45, 2.75) is 32.6 Å². The molecular formula is C21H35Cl2N5. The molecule has 1 aromatic carbocycles. The SMILES string of the molecule is CCNC(=NCCCc1ccc(Cl)cc1Cl)NCCCCN1CCN(C)CC1. The van der Waals surface area contributed by atoms with Gasteiger partial charge in [0, 0.05) is 55.9 Å². The van der Waals surface area contributed by atoms with Gasteiger partial charge in [-0.3, -0.25) is 4.99 Å². The molecular weight excluding hydrogens is 393 g/mol. The van der Waals surface area contributed by atoms with Gasteiger partial charge in [0.1, 0.15) is 0 Å². The van der Waals surface area contributed by atoms with Gasteiger partial charge < -0.3 is 20.4 Å². The fourth-order valence-corrected chi connectivity index (χ4v) is 3.77. The lowest BCUT2D eigenvalue weighted by atomic mass is 10.1. The standard InChI is InChI=1S/C21H35Cl2N5/c1-3-24-21(25-10-4-5-12-28-15-13-27(2)14-16-28)26-11-6-7-18-8-9-19(22)17-20(18)23/h8-9,17H,3-7,10-16H2,1-2H3,(H2,24,25,26). The summed E-state index contributed by atoms with van der Waals surface area (Å²) in [7, 11) is 2.20. The maximum atomic E-state index is 6.23. The third kappa shape index (κ3) is 8.99. The Labute approximate surface area is 180 Å². The lowest BCUT2D eigenvalue weighted by Crippen LogP contribution is -2.44. The average Bonchev–Trinajstić information content (AvgIpc) is 2.67. The Morgan fingerprint density at radius 1 is 1.07 bits per heavy atom. The Balaban J connectivity index is 1.61. The second-order valence-corrected chi connectivity index (χ2v) is 8.22. The molecule has 0 saturated carbocycles. The van der Waals surface area contributed by atoms with Crippen LogP contribution < -0.4 is 10.6 Å². The van der Waals surface area contributed by atoms with Gasteiger partial charge in [-0.1, -0.05) is 29.3 Å². The second kappa shape index (κ2) is 13.3. The van der Waals surface area contributed by atoms with E-state index in [2.05, 4.69) is 39.4 Å². The van der Waals surface area contributed by atoms with Crippen molar-refractivity contribution >= 4 is 29.2 Å². The maximum absolute atomic E-state index is 6.23. The number of nitrogens with zero attached hydrogens (tertiary/aromatic N) is 3. The monoisotopic (exact) mass is 427 g/mol. The highest BCUT2D eigenvalue weighted by Crippen LogP contribution is 2.21. The van der Waals surface area contributed by atoms with E-state index in [9.17, 15) is 0 Å². The highest BCUT2D eigenvalue weighted by molar-refractivity contribution is 6.35. The van der Waals surface area contributed by atoms with Gasteiger partial charge in [0.05, 0.1) is 0 Å². The van der Waals surface area contributed by atoms with E-state index in [0.29, 0.717) is 5.02 Å². The summed E-state index contributed by atoms with van der Waals surface area (Å²) in [5.41, 5.74) is 1.13. The number of hydrogen-bond donors (Lipinski definition) is 2. The molecule has 0 spiro atoms. The van der Waals surface area contributed by atoms with Gasteiger partial charge in [-0.15, -0.1) is 0 Å². The number of unbranched alkanes of at least 4 members (excludes halogenated alkanes) is 1. The Hall–Kier alpha value is -1.01. The van der Waals surface area contributed by atoms with E-state index in [0.717, 1.165) is 55.4 Å². The minimum atomic E-state index is 0.679. The molecule has 2 N–H and O–H groups in total. The number of aryl methyl sites for hydroxylation is 1. The van der Waals surface area contributed by atoms with Crippen molar-refractivity contribution in [2.75, 3.05) is 59.4 Å². The van der Waals surface area contributed by atoms with Crippen LogP contribution in [0.3, 0.4) is 0 Å². The van der Waals surface area contributed by atoms with Crippen LogP contribution in [-0.2, 0) is 6.42 Å². The molecule has 0 aliphatic carbocycles. The van der Waals surface area contributed by atoms with Gasteiger partial charge in [-0.05, 0) is 63.9 Å². The zero-order valence-corrected chi connectivity index (χ0v) is 18.8. The molecule has 0 atom stereocenters. The Bertz CT molecular complexity index is 600. The highest BCUT2D eigenvalue weighted by atomic mass is 35.5. The first-order valence-electron chi connectivity index (χ1n) is 10.5. The van der Waals surface area contributed by atoms with Crippen molar-refractivity contribution in [1.82, 2.24) is 20.4 Å². The zero-order valence-electron chi connectivity index (χ0n) is 17.3. The van der Waals surface area contributed by atoms with Crippen molar-refractivity contribution in [3.05, 3.63) is 33.8 Å². The number of guanidine groups is 1. The van der Waals surface area contributed by atoms with E-state index < -0.39 is 0 Å². The number of nitrogens with one attached hydrogen (secondary N) is 2. The topological polar surface area (TPSA) is 42.9 Å². The minimum Gasteiger partial charge on any atom is -0.357 e. The van der Waals surface area contributed by atoms with E-state index in [4.69, 9.17) is 23.2 Å². The summed E-state index contributed by atoms with van der Waals surface area (Å²) in [6.45, 7) is 10.7. The summed E-state index contributed by atoms with van der Waals surface area (Å²) in [6, 6.07) is 5.69. The summed E-state index contributed by atoms with van der Waals surface area (Å²) in [4.78, 5) is 9.65. The molecule has 1 heterocycles. The first-order chi connectivity index (χ1) is 13.6. The predicted molar refractivity (Wildman–Crippen MR) is 122 cm³/mol. The molecule has 1 fully saturated rings. The van der Waals surface area contributed by atoms with Crippen LogP contribution in [0.4, 0.5) is 0 Å². The van der Waals surface area contributed by atoms with E-state index >= 15 is 0 Å². The van der Waals surface area contributed by atoms with Gasteiger partial charge in [0.25, 0.3) is 0 Å². The molecule has 5 nitrogen and oxygen atoms in total. The fraction of sp³-hybridized carbons (Fsp3) is 0.667. The van der Waals surface area contributed by atoms with Crippen LogP contribution in [0, 0.1) is 0 Å². The van der Waals surface area contributed by atoms with Crippen LogP contribution in [-0.4, -0.2) is 75.2 Å². The van der Waals surface area contributed by atoms with E-state index in [1.807, 2.05) is 12.1 Å². The number of hydrogen-bond acceptors (Lipinski definition) is 3. The molecule has 0 radical (unpaired) electrons. The second-order valence-electron chi connectivity index (χ2n) is 7.38. The fourth-order valence-electron chi connectivity index (χ4n) is 3.27. The maximum Gasteiger partial charge on any atom is 0.191 e. The van der Waals surface area contributed by atoms with Crippen molar-refractivity contribution in [2.24, 2.45) is 4.99 Å². The summed E-state index contributed by atoms with van der Waals surface area (Å²) in [5.74, 6) is 0.907. The number of rotatable bonds is 10. The number of halogens is 2. The summed E-state index contributed by atoms with van der Waals surface area (Å²) >= 11 is 12.2. The van der Waals surface area contributed by atoms with Gasteiger partial charge >= 0.3 is 0 Å². The molecule has 158 valence electrons.